The van der Waals surface area contributed by atoms with E-state index in [0.29, 0.717) is 24.7 Å². The predicted octanol–water partition coefficient (Wildman–Crippen LogP) is 0.677. The minimum atomic E-state index is -1.11. The van der Waals surface area contributed by atoms with Crippen LogP contribution in [0.1, 0.15) is 16.8 Å². The first kappa shape index (κ1) is 15.1. The Morgan fingerprint density at radius 2 is 2.14 bits per heavy atom. The molecular weight excluding hydrogens is 278 g/mol. The monoisotopic (exact) mass is 295 g/mol. The van der Waals surface area contributed by atoms with Crippen LogP contribution < -0.4 is 14.8 Å². The van der Waals surface area contributed by atoms with E-state index in [1.54, 1.807) is 18.2 Å². The Kier molecular flexibility index (Phi) is 4.99. The second-order valence-corrected chi connectivity index (χ2v) is 4.48. The quantitative estimate of drug-likeness (QED) is 0.801. The van der Waals surface area contributed by atoms with E-state index in [4.69, 9.17) is 19.3 Å². The van der Waals surface area contributed by atoms with Crippen molar-refractivity contribution in [2.24, 2.45) is 0 Å². The summed E-state index contributed by atoms with van der Waals surface area (Å²) >= 11 is 0. The van der Waals surface area contributed by atoms with Crippen molar-refractivity contribution in [2.75, 3.05) is 26.9 Å². The van der Waals surface area contributed by atoms with E-state index in [1.165, 1.54) is 7.11 Å². The number of carbonyl (C=O) groups excluding carboxylic acids is 1. The molecule has 21 heavy (non-hydrogen) atoms. The number of carbonyl (C=O) groups is 2. The molecule has 0 bridgehead atoms. The molecule has 1 aromatic rings. The molecule has 0 unspecified atom stereocenters. The Balaban J connectivity index is 2.14. The van der Waals surface area contributed by atoms with Crippen molar-refractivity contribution in [3.63, 3.8) is 0 Å². The second kappa shape index (κ2) is 6.94. The molecule has 1 heterocycles. The van der Waals surface area contributed by atoms with Crippen molar-refractivity contribution in [2.45, 2.75) is 12.5 Å². The number of benzene rings is 1. The highest BCUT2D eigenvalue weighted by molar-refractivity contribution is 5.99. The van der Waals surface area contributed by atoms with Gasteiger partial charge in [-0.2, -0.15) is 0 Å². The van der Waals surface area contributed by atoms with Crippen LogP contribution in [0.5, 0.6) is 11.5 Å². The summed E-state index contributed by atoms with van der Waals surface area (Å²) in [6.07, 6.45) is 0.184. The van der Waals surface area contributed by atoms with Gasteiger partial charge in [0.05, 0.1) is 5.56 Å². The van der Waals surface area contributed by atoms with Crippen molar-refractivity contribution in [1.82, 2.24) is 5.32 Å². The Bertz CT molecular complexity index is 530. The van der Waals surface area contributed by atoms with Gasteiger partial charge in [0.25, 0.3) is 5.91 Å². The number of methoxy groups -OCH3 is 1. The fourth-order valence-electron chi connectivity index (χ4n) is 1.98. The predicted molar refractivity (Wildman–Crippen MR) is 72.8 cm³/mol. The van der Waals surface area contributed by atoms with Gasteiger partial charge in [-0.3, -0.25) is 4.79 Å². The lowest BCUT2D eigenvalue weighted by molar-refractivity contribution is -0.139. The fraction of sp³-hybridized carbons (Fsp3) is 0.429. The third-order valence-corrected chi connectivity index (χ3v) is 3.02. The summed E-state index contributed by atoms with van der Waals surface area (Å²) < 4.78 is 15.7. The molecule has 0 saturated carbocycles. The number of hydrogen-bond acceptors (Lipinski definition) is 5. The van der Waals surface area contributed by atoms with Crippen LogP contribution >= 0.6 is 0 Å². The van der Waals surface area contributed by atoms with E-state index >= 15 is 0 Å². The largest absolute Gasteiger partial charge is 0.486 e. The average Bonchev–Trinajstić information content (AvgIpc) is 2.50. The van der Waals surface area contributed by atoms with Gasteiger partial charge in [-0.1, -0.05) is 6.07 Å². The van der Waals surface area contributed by atoms with Crippen LogP contribution in [0.4, 0.5) is 0 Å². The van der Waals surface area contributed by atoms with E-state index in [1.807, 2.05) is 0 Å². The number of fused-ring (bicyclic) bond motifs is 1. The minimum Gasteiger partial charge on any atom is -0.486 e. The molecule has 0 radical (unpaired) electrons. The van der Waals surface area contributed by atoms with Gasteiger partial charge in [-0.05, 0) is 12.1 Å². The van der Waals surface area contributed by atoms with Gasteiger partial charge in [-0.15, -0.1) is 0 Å². The van der Waals surface area contributed by atoms with Crippen LogP contribution in [0.3, 0.4) is 0 Å². The van der Waals surface area contributed by atoms with Gasteiger partial charge in [0, 0.05) is 20.1 Å². The molecule has 7 heteroatoms. The lowest BCUT2D eigenvalue weighted by Gasteiger charge is -2.21. The molecule has 0 aliphatic carbocycles. The third-order valence-electron chi connectivity index (χ3n) is 3.02. The van der Waals surface area contributed by atoms with Gasteiger partial charge in [0.15, 0.2) is 11.5 Å². The zero-order valence-electron chi connectivity index (χ0n) is 11.6. The topological polar surface area (TPSA) is 94.1 Å². The molecule has 1 aliphatic heterocycles. The first-order valence-corrected chi connectivity index (χ1v) is 6.54. The summed E-state index contributed by atoms with van der Waals surface area (Å²) in [6.45, 7) is 1.01. The van der Waals surface area contributed by atoms with Crippen LogP contribution in [0.15, 0.2) is 18.2 Å². The molecule has 0 aromatic heterocycles. The van der Waals surface area contributed by atoms with Crippen molar-refractivity contribution >= 4 is 11.9 Å². The Labute approximate surface area is 121 Å². The molecule has 1 aromatic carbocycles. The first-order valence-electron chi connectivity index (χ1n) is 6.54. The number of aliphatic carboxylic acids is 1. The van der Waals surface area contributed by atoms with Crippen LogP contribution in [-0.2, 0) is 9.53 Å². The average molecular weight is 295 g/mol. The number of para-hydroxylation sites is 1. The molecule has 1 aliphatic rings. The van der Waals surface area contributed by atoms with Gasteiger partial charge >= 0.3 is 5.97 Å². The number of carboxylic acids is 1. The van der Waals surface area contributed by atoms with Crippen LogP contribution in [0.2, 0.25) is 0 Å². The molecule has 114 valence electrons. The first-order chi connectivity index (χ1) is 10.1. The highest BCUT2D eigenvalue weighted by atomic mass is 16.6. The molecule has 2 N–H and O–H groups in total. The molecule has 0 saturated heterocycles. The summed E-state index contributed by atoms with van der Waals surface area (Å²) in [5, 5.41) is 11.6. The molecule has 7 nitrogen and oxygen atoms in total. The van der Waals surface area contributed by atoms with Gasteiger partial charge in [0.2, 0.25) is 0 Å². The Morgan fingerprint density at radius 1 is 1.38 bits per heavy atom. The zero-order chi connectivity index (χ0) is 15.2. The lowest BCUT2D eigenvalue weighted by atomic mass is 10.1. The molecule has 1 atom stereocenters. The minimum absolute atomic E-state index is 0.184. The van der Waals surface area contributed by atoms with Gasteiger partial charge < -0.3 is 24.6 Å². The third kappa shape index (κ3) is 3.63. The fourth-order valence-corrected chi connectivity index (χ4v) is 1.98. The van der Waals surface area contributed by atoms with E-state index < -0.39 is 17.9 Å². The number of ether oxygens (including phenoxy) is 3. The molecule has 1 amide bonds. The van der Waals surface area contributed by atoms with Crippen molar-refractivity contribution in [3.05, 3.63) is 23.8 Å². The summed E-state index contributed by atoms with van der Waals surface area (Å²) in [7, 11) is 1.47. The Hall–Kier alpha value is -2.28. The summed E-state index contributed by atoms with van der Waals surface area (Å²) in [5.41, 5.74) is 0.260. The van der Waals surface area contributed by atoms with E-state index in [0.717, 1.165) is 0 Å². The molecule has 0 spiro atoms. The van der Waals surface area contributed by atoms with E-state index in [2.05, 4.69) is 5.32 Å². The highest BCUT2D eigenvalue weighted by Gasteiger charge is 2.25. The number of amides is 1. The maximum atomic E-state index is 12.2. The number of hydrogen-bond donors (Lipinski definition) is 2. The lowest BCUT2D eigenvalue weighted by Crippen LogP contribution is -2.41. The number of rotatable bonds is 6. The smallest absolute Gasteiger partial charge is 0.326 e. The molecule has 2 rings (SSSR count). The maximum Gasteiger partial charge on any atom is 0.326 e. The van der Waals surface area contributed by atoms with Crippen LogP contribution in [0, 0.1) is 0 Å². The summed E-state index contributed by atoms with van der Waals surface area (Å²) in [5.74, 6) is -0.794. The van der Waals surface area contributed by atoms with E-state index in [9.17, 15) is 9.59 Å². The zero-order valence-corrected chi connectivity index (χ0v) is 11.6. The summed E-state index contributed by atoms with van der Waals surface area (Å²) in [4.78, 5) is 23.4. The highest BCUT2D eigenvalue weighted by Crippen LogP contribution is 2.33. The standard InChI is InChI=1S/C14H17NO6/c1-19-6-5-10(14(17)18)15-13(16)9-3-2-4-11-12(9)21-8-7-20-11/h2-4,10H,5-8H2,1H3,(H,15,16)(H,17,18)/t10-/m1/s1. The number of nitrogens with one attached hydrogen (secondary N) is 1. The van der Waals surface area contributed by atoms with Crippen molar-refractivity contribution in [3.8, 4) is 11.5 Å². The van der Waals surface area contributed by atoms with Crippen LogP contribution in [-0.4, -0.2) is 50.0 Å². The number of carboxylic acid groups (broad SMARTS) is 1. The van der Waals surface area contributed by atoms with Crippen LogP contribution in [0.25, 0.3) is 0 Å². The normalized spacial score (nSPS) is 14.3. The summed E-state index contributed by atoms with van der Waals surface area (Å²) in [6, 6.07) is 3.91. The van der Waals surface area contributed by atoms with E-state index in [-0.39, 0.29) is 18.6 Å². The maximum absolute atomic E-state index is 12.2. The molecular formula is C14H17NO6. The SMILES string of the molecule is COCC[C@@H](NC(=O)c1cccc2c1OCCO2)C(=O)O. The van der Waals surface area contributed by atoms with Crippen molar-refractivity contribution in [1.29, 1.82) is 0 Å². The second-order valence-electron chi connectivity index (χ2n) is 4.48. The van der Waals surface area contributed by atoms with Crippen molar-refractivity contribution < 1.29 is 28.9 Å². The Morgan fingerprint density at radius 3 is 2.86 bits per heavy atom. The molecule has 0 fully saturated rings. The van der Waals surface area contributed by atoms with Gasteiger partial charge in [0.1, 0.15) is 19.3 Å². The van der Waals surface area contributed by atoms with Gasteiger partial charge in [-0.25, -0.2) is 4.79 Å².